The second-order valence-corrected chi connectivity index (χ2v) is 4.54. The van der Waals surface area contributed by atoms with Gasteiger partial charge in [0.1, 0.15) is 6.04 Å². The zero-order valence-corrected chi connectivity index (χ0v) is 8.87. The number of likely N-dealkylation sites (N-methyl/N-ethyl adjacent to an activating group) is 1. The number of aliphatic hydroxyl groups excluding tert-OH is 1. The van der Waals surface area contributed by atoms with Crippen molar-refractivity contribution in [3.05, 3.63) is 0 Å². The molecule has 0 heterocycles. The number of rotatable bonds is 3. The maximum atomic E-state index is 11.4. The number of aliphatic hydroxyl groups is 1. The second-order valence-electron chi connectivity index (χ2n) is 4.54. The normalized spacial score (nSPS) is 14.0. The molecule has 0 aliphatic heterocycles. The molecule has 1 atom stereocenters. The van der Waals surface area contributed by atoms with E-state index in [2.05, 4.69) is 0 Å². The van der Waals surface area contributed by atoms with Crippen LogP contribution in [-0.4, -0.2) is 42.2 Å². The molecule has 1 amide bonds. The molecule has 0 aromatic rings. The molecule has 0 rings (SSSR count). The van der Waals surface area contributed by atoms with Crippen LogP contribution in [0.5, 0.6) is 0 Å². The molecule has 0 saturated carbocycles. The molecular weight excluding hydrogens is 168 g/mol. The summed E-state index contributed by atoms with van der Waals surface area (Å²) in [6.07, 6.45) is 0. The molecule has 0 spiro atoms. The van der Waals surface area contributed by atoms with Crippen LogP contribution in [0.1, 0.15) is 20.8 Å². The van der Waals surface area contributed by atoms with E-state index in [0.717, 1.165) is 0 Å². The highest BCUT2D eigenvalue weighted by molar-refractivity contribution is 5.81. The highest BCUT2D eigenvalue weighted by atomic mass is 16.3. The molecule has 4 heteroatoms. The van der Waals surface area contributed by atoms with E-state index < -0.39 is 6.04 Å². The monoisotopic (exact) mass is 188 g/mol. The zero-order valence-electron chi connectivity index (χ0n) is 8.87. The van der Waals surface area contributed by atoms with Gasteiger partial charge in [0.05, 0.1) is 6.61 Å². The maximum absolute atomic E-state index is 11.4. The summed E-state index contributed by atoms with van der Waals surface area (Å²) in [4.78, 5) is 12.9. The van der Waals surface area contributed by atoms with Gasteiger partial charge in [0, 0.05) is 13.6 Å². The van der Waals surface area contributed by atoms with Crippen LogP contribution in [0.4, 0.5) is 0 Å². The fourth-order valence-electron chi connectivity index (χ4n) is 1.15. The molecule has 0 aliphatic carbocycles. The lowest BCUT2D eigenvalue weighted by atomic mass is 9.96. The highest BCUT2D eigenvalue weighted by Crippen LogP contribution is 2.14. The van der Waals surface area contributed by atoms with Crippen LogP contribution in [-0.2, 0) is 4.79 Å². The van der Waals surface area contributed by atoms with Gasteiger partial charge >= 0.3 is 0 Å². The van der Waals surface area contributed by atoms with E-state index in [1.165, 1.54) is 0 Å². The molecule has 78 valence electrons. The summed E-state index contributed by atoms with van der Waals surface area (Å²) in [7, 11) is 1.70. The van der Waals surface area contributed by atoms with E-state index in [0.29, 0.717) is 6.54 Å². The molecule has 0 aromatic heterocycles. The first kappa shape index (κ1) is 12.4. The summed E-state index contributed by atoms with van der Waals surface area (Å²) in [5.74, 6) is -0.211. The third kappa shape index (κ3) is 4.85. The molecule has 0 radical (unpaired) electrons. The summed E-state index contributed by atoms with van der Waals surface area (Å²) < 4.78 is 0. The molecule has 1 unspecified atom stereocenters. The lowest BCUT2D eigenvalue weighted by molar-refractivity contribution is -0.133. The summed E-state index contributed by atoms with van der Waals surface area (Å²) in [6.45, 7) is 6.47. The van der Waals surface area contributed by atoms with E-state index in [1.807, 2.05) is 20.8 Å². The molecule has 13 heavy (non-hydrogen) atoms. The smallest absolute Gasteiger partial charge is 0.241 e. The van der Waals surface area contributed by atoms with Gasteiger partial charge in [0.25, 0.3) is 0 Å². The highest BCUT2D eigenvalue weighted by Gasteiger charge is 2.21. The van der Waals surface area contributed by atoms with Crippen molar-refractivity contribution in [3.63, 3.8) is 0 Å². The number of carbonyl (C=O) groups is 1. The van der Waals surface area contributed by atoms with E-state index in [1.54, 1.807) is 11.9 Å². The molecule has 0 aliphatic rings. The lowest BCUT2D eigenvalue weighted by Crippen LogP contribution is -2.46. The zero-order chi connectivity index (χ0) is 10.6. The topological polar surface area (TPSA) is 66.6 Å². The van der Waals surface area contributed by atoms with E-state index >= 15 is 0 Å². The lowest BCUT2D eigenvalue weighted by Gasteiger charge is -2.28. The van der Waals surface area contributed by atoms with Gasteiger partial charge in [-0.05, 0) is 5.41 Å². The van der Waals surface area contributed by atoms with Crippen LogP contribution < -0.4 is 5.73 Å². The predicted molar refractivity (Wildman–Crippen MR) is 52.2 cm³/mol. The average molecular weight is 188 g/mol. The second kappa shape index (κ2) is 4.58. The Kier molecular flexibility index (Phi) is 4.36. The quantitative estimate of drug-likeness (QED) is 0.645. The van der Waals surface area contributed by atoms with Crippen molar-refractivity contribution in [2.45, 2.75) is 26.8 Å². The van der Waals surface area contributed by atoms with Crippen LogP contribution in [0.2, 0.25) is 0 Å². The molecule has 0 aromatic carbocycles. The van der Waals surface area contributed by atoms with Crippen LogP contribution >= 0.6 is 0 Å². The molecule has 4 nitrogen and oxygen atoms in total. The van der Waals surface area contributed by atoms with Crippen LogP contribution in [0.3, 0.4) is 0 Å². The van der Waals surface area contributed by atoms with Crippen LogP contribution in [0.25, 0.3) is 0 Å². The van der Waals surface area contributed by atoms with Gasteiger partial charge in [0.2, 0.25) is 5.91 Å². The molecule has 0 saturated heterocycles. The number of carbonyl (C=O) groups excluding carboxylic acids is 1. The fraction of sp³-hybridized carbons (Fsp3) is 0.889. The van der Waals surface area contributed by atoms with Gasteiger partial charge in [-0.25, -0.2) is 0 Å². The van der Waals surface area contributed by atoms with Crippen molar-refractivity contribution in [1.82, 2.24) is 4.90 Å². The summed E-state index contributed by atoms with van der Waals surface area (Å²) >= 11 is 0. The number of nitrogens with two attached hydrogens (primary N) is 1. The molecular formula is C9H20N2O2. The Morgan fingerprint density at radius 1 is 1.54 bits per heavy atom. The number of hydrogen-bond donors (Lipinski definition) is 2. The first-order valence-corrected chi connectivity index (χ1v) is 4.39. The Hall–Kier alpha value is -0.610. The Balaban J connectivity index is 4.12. The minimum atomic E-state index is -0.785. The Morgan fingerprint density at radius 3 is 2.31 bits per heavy atom. The van der Waals surface area contributed by atoms with Gasteiger partial charge in [-0.3, -0.25) is 4.79 Å². The number of hydrogen-bond acceptors (Lipinski definition) is 3. The van der Waals surface area contributed by atoms with Crippen molar-refractivity contribution in [2.24, 2.45) is 11.1 Å². The van der Waals surface area contributed by atoms with Gasteiger partial charge < -0.3 is 15.7 Å². The third-order valence-corrected chi connectivity index (χ3v) is 1.60. The summed E-state index contributed by atoms with van der Waals surface area (Å²) in [6, 6.07) is -0.785. The predicted octanol–water partition coefficient (Wildman–Crippen LogP) is -0.189. The SMILES string of the molecule is CN(CC(C)(C)C)C(=O)C(N)CO. The average Bonchev–Trinajstić information content (AvgIpc) is 1.98. The van der Waals surface area contributed by atoms with E-state index in [-0.39, 0.29) is 17.9 Å². The molecule has 0 fully saturated rings. The van der Waals surface area contributed by atoms with E-state index in [9.17, 15) is 4.79 Å². The molecule has 0 bridgehead atoms. The summed E-state index contributed by atoms with van der Waals surface area (Å²) in [5, 5.41) is 8.68. The fourth-order valence-corrected chi connectivity index (χ4v) is 1.15. The maximum Gasteiger partial charge on any atom is 0.241 e. The van der Waals surface area contributed by atoms with Crippen molar-refractivity contribution in [1.29, 1.82) is 0 Å². The van der Waals surface area contributed by atoms with Gasteiger partial charge in [-0.1, -0.05) is 20.8 Å². The summed E-state index contributed by atoms with van der Waals surface area (Å²) in [5.41, 5.74) is 5.45. The Labute approximate surface area is 79.7 Å². The van der Waals surface area contributed by atoms with Gasteiger partial charge in [-0.2, -0.15) is 0 Å². The van der Waals surface area contributed by atoms with E-state index in [4.69, 9.17) is 10.8 Å². The standard InChI is InChI=1S/C9H20N2O2/c1-9(2,3)6-11(4)8(13)7(10)5-12/h7,12H,5-6,10H2,1-4H3. The number of amides is 1. The van der Waals surface area contributed by atoms with Crippen molar-refractivity contribution < 1.29 is 9.90 Å². The van der Waals surface area contributed by atoms with Crippen molar-refractivity contribution in [3.8, 4) is 0 Å². The largest absolute Gasteiger partial charge is 0.394 e. The van der Waals surface area contributed by atoms with Crippen molar-refractivity contribution in [2.75, 3.05) is 20.2 Å². The van der Waals surface area contributed by atoms with Crippen molar-refractivity contribution >= 4 is 5.91 Å². The minimum absolute atomic E-state index is 0.0551. The van der Waals surface area contributed by atoms with Crippen LogP contribution in [0.15, 0.2) is 0 Å². The first-order valence-electron chi connectivity index (χ1n) is 4.39. The Bertz CT molecular complexity index is 175. The van der Waals surface area contributed by atoms with Gasteiger partial charge in [0.15, 0.2) is 0 Å². The third-order valence-electron chi connectivity index (χ3n) is 1.60. The minimum Gasteiger partial charge on any atom is -0.394 e. The number of nitrogens with zero attached hydrogens (tertiary/aromatic N) is 1. The molecule has 3 N–H and O–H groups in total. The first-order chi connectivity index (χ1) is 5.78. The van der Waals surface area contributed by atoms with Crippen LogP contribution in [0, 0.1) is 5.41 Å². The van der Waals surface area contributed by atoms with Gasteiger partial charge in [-0.15, -0.1) is 0 Å². The Morgan fingerprint density at radius 2 is 2.00 bits per heavy atom.